The van der Waals surface area contributed by atoms with Gasteiger partial charge in [-0.3, -0.25) is 14.5 Å². The molecule has 3 heterocycles. The van der Waals surface area contributed by atoms with E-state index in [1.807, 2.05) is 0 Å². The fourth-order valence-corrected chi connectivity index (χ4v) is 3.95. The average Bonchev–Trinajstić information content (AvgIpc) is 3.35. The summed E-state index contributed by atoms with van der Waals surface area (Å²) in [5.74, 6) is -0.293. The van der Waals surface area contributed by atoms with E-state index in [-0.39, 0.29) is 17.1 Å². The zero-order chi connectivity index (χ0) is 22.6. The van der Waals surface area contributed by atoms with E-state index in [4.69, 9.17) is 4.42 Å². The summed E-state index contributed by atoms with van der Waals surface area (Å²) in [7, 11) is 1.27. The molecule has 32 heavy (non-hydrogen) atoms. The molecule has 3 aromatic heterocycles. The van der Waals surface area contributed by atoms with Crippen molar-refractivity contribution in [3.8, 4) is 11.5 Å². The lowest BCUT2D eigenvalue weighted by Gasteiger charge is -2.21. The average molecular weight is 449 g/mol. The van der Waals surface area contributed by atoms with Crippen molar-refractivity contribution in [3.63, 3.8) is 0 Å². The monoisotopic (exact) mass is 449 g/mol. The van der Waals surface area contributed by atoms with E-state index in [9.17, 15) is 22.4 Å². The Labute approximate surface area is 179 Å². The molecular formula is C21H19F4N5O2. The molecule has 2 aliphatic rings. The van der Waals surface area contributed by atoms with Gasteiger partial charge in [0, 0.05) is 31.1 Å². The van der Waals surface area contributed by atoms with Crippen LogP contribution < -0.4 is 5.32 Å². The molecule has 1 atom stereocenters. The molecule has 0 aromatic carbocycles. The molecule has 11 heteroatoms. The Morgan fingerprint density at radius 3 is 2.72 bits per heavy atom. The van der Waals surface area contributed by atoms with Crippen molar-refractivity contribution in [2.75, 3.05) is 0 Å². The molecule has 0 radical (unpaired) electrons. The number of carbonyl (C=O) groups excluding carboxylic acids is 1. The molecule has 168 valence electrons. The summed E-state index contributed by atoms with van der Waals surface area (Å²) in [6, 6.07) is 1.78. The summed E-state index contributed by atoms with van der Waals surface area (Å²) < 4.78 is 59.9. The summed E-state index contributed by atoms with van der Waals surface area (Å²) in [5.41, 5.74) is 0.101. The number of oxazole rings is 1. The van der Waals surface area contributed by atoms with Gasteiger partial charge in [0.1, 0.15) is 17.1 Å². The van der Waals surface area contributed by atoms with Crippen LogP contribution in [0.5, 0.6) is 0 Å². The zero-order valence-corrected chi connectivity index (χ0v) is 17.0. The summed E-state index contributed by atoms with van der Waals surface area (Å²) in [4.78, 5) is 21.3. The third kappa shape index (κ3) is 3.76. The fraction of sp³-hybridized carbons (Fsp3) is 0.429. The van der Waals surface area contributed by atoms with E-state index in [1.54, 1.807) is 6.07 Å². The number of aromatic nitrogens is 4. The maximum atomic E-state index is 14.4. The van der Waals surface area contributed by atoms with Gasteiger partial charge in [-0.15, -0.1) is 0 Å². The second-order valence-corrected chi connectivity index (χ2v) is 8.15. The maximum absolute atomic E-state index is 14.4. The van der Waals surface area contributed by atoms with Gasteiger partial charge in [0.2, 0.25) is 5.89 Å². The molecule has 0 spiro atoms. The predicted octanol–water partition coefficient (Wildman–Crippen LogP) is 4.31. The van der Waals surface area contributed by atoms with Crippen molar-refractivity contribution < 1.29 is 26.8 Å². The summed E-state index contributed by atoms with van der Waals surface area (Å²) >= 11 is 0. The molecule has 0 bridgehead atoms. The molecule has 1 N–H and O–H groups in total. The van der Waals surface area contributed by atoms with Gasteiger partial charge in [-0.1, -0.05) is 0 Å². The van der Waals surface area contributed by atoms with Crippen LogP contribution in [0.3, 0.4) is 0 Å². The molecule has 0 unspecified atom stereocenters. The van der Waals surface area contributed by atoms with Gasteiger partial charge < -0.3 is 9.73 Å². The Morgan fingerprint density at radius 1 is 1.25 bits per heavy atom. The lowest BCUT2D eigenvalue weighted by atomic mass is 9.96. The zero-order valence-electron chi connectivity index (χ0n) is 17.0. The van der Waals surface area contributed by atoms with Crippen LogP contribution in [-0.2, 0) is 19.6 Å². The number of carbonyl (C=O) groups is 1. The van der Waals surface area contributed by atoms with Crippen LogP contribution in [0.15, 0.2) is 22.7 Å². The first-order valence-corrected chi connectivity index (χ1v) is 10.3. The Morgan fingerprint density at radius 2 is 2.03 bits per heavy atom. The standard InChI is InChI=1S/C21H19F4N5O2/c1-30-15(8-17(29-30)21(23,24)25)19(31)27-13-3-2-4-16-18(13)28-20(32-16)11-7-14(10-5-6-10)26-9-12(11)22/h7-10,13H,2-6H2,1H3,(H,27,31)/t13-/m1/s1. The number of aryl methyl sites for hydroxylation is 2. The first kappa shape index (κ1) is 20.7. The second-order valence-electron chi connectivity index (χ2n) is 8.15. The fourth-order valence-electron chi connectivity index (χ4n) is 3.95. The minimum absolute atomic E-state index is 0.109. The number of amides is 1. The molecule has 5 rings (SSSR count). The number of halogens is 4. The SMILES string of the molecule is Cn1nc(C(F)(F)F)cc1C(=O)N[C@@H]1CCCc2oc(-c3cc(C4CC4)ncc3F)nc21. The van der Waals surface area contributed by atoms with Crippen molar-refractivity contribution in [3.05, 3.63) is 52.7 Å². The van der Waals surface area contributed by atoms with Gasteiger partial charge in [-0.25, -0.2) is 9.37 Å². The number of alkyl halides is 3. The van der Waals surface area contributed by atoms with E-state index >= 15 is 0 Å². The number of pyridine rings is 1. The first-order valence-electron chi connectivity index (χ1n) is 10.3. The van der Waals surface area contributed by atoms with Crippen molar-refractivity contribution in [1.29, 1.82) is 0 Å². The Balaban J connectivity index is 1.41. The van der Waals surface area contributed by atoms with Crippen molar-refractivity contribution in [2.24, 2.45) is 7.05 Å². The molecule has 7 nitrogen and oxygen atoms in total. The van der Waals surface area contributed by atoms with E-state index in [2.05, 4.69) is 20.4 Å². The van der Waals surface area contributed by atoms with Gasteiger partial charge in [0.15, 0.2) is 11.5 Å². The number of nitrogens with one attached hydrogen (secondary N) is 1. The van der Waals surface area contributed by atoms with Gasteiger partial charge in [-0.05, 0) is 31.7 Å². The van der Waals surface area contributed by atoms with Gasteiger partial charge in [0.25, 0.3) is 5.91 Å². The topological polar surface area (TPSA) is 85.8 Å². The molecular weight excluding hydrogens is 430 g/mol. The highest BCUT2D eigenvalue weighted by molar-refractivity contribution is 5.93. The lowest BCUT2D eigenvalue weighted by molar-refractivity contribution is -0.141. The largest absolute Gasteiger partial charge is 0.441 e. The van der Waals surface area contributed by atoms with Crippen LogP contribution in [0, 0.1) is 5.82 Å². The van der Waals surface area contributed by atoms with Crippen molar-refractivity contribution in [1.82, 2.24) is 25.1 Å². The van der Waals surface area contributed by atoms with E-state index in [1.165, 1.54) is 7.05 Å². The third-order valence-electron chi connectivity index (χ3n) is 5.76. The molecule has 1 fully saturated rings. The quantitative estimate of drug-likeness (QED) is 0.600. The van der Waals surface area contributed by atoms with Crippen molar-refractivity contribution in [2.45, 2.75) is 50.2 Å². The minimum Gasteiger partial charge on any atom is -0.441 e. The number of hydrogen-bond acceptors (Lipinski definition) is 5. The van der Waals surface area contributed by atoms with Crippen LogP contribution >= 0.6 is 0 Å². The predicted molar refractivity (Wildman–Crippen MR) is 103 cm³/mol. The van der Waals surface area contributed by atoms with Crippen LogP contribution in [0.2, 0.25) is 0 Å². The van der Waals surface area contributed by atoms with Gasteiger partial charge in [-0.2, -0.15) is 18.3 Å². The summed E-state index contributed by atoms with van der Waals surface area (Å²) in [6.45, 7) is 0. The first-order chi connectivity index (χ1) is 15.2. The molecule has 1 saturated carbocycles. The smallest absolute Gasteiger partial charge is 0.435 e. The summed E-state index contributed by atoms with van der Waals surface area (Å²) in [6.07, 6.45) is 0.311. The van der Waals surface area contributed by atoms with E-state index in [0.29, 0.717) is 42.7 Å². The highest BCUT2D eigenvalue weighted by Crippen LogP contribution is 2.41. The number of hydrogen-bond donors (Lipinski definition) is 1. The number of rotatable bonds is 4. The Hall–Kier alpha value is -3.24. The Bertz CT molecular complexity index is 1200. The maximum Gasteiger partial charge on any atom is 0.435 e. The van der Waals surface area contributed by atoms with Crippen LogP contribution in [0.1, 0.15) is 71.0 Å². The Kier molecular flexibility index (Phi) is 4.79. The van der Waals surface area contributed by atoms with Crippen molar-refractivity contribution >= 4 is 5.91 Å². The van der Waals surface area contributed by atoms with Gasteiger partial charge in [0.05, 0.1) is 17.8 Å². The second kappa shape index (κ2) is 7.42. The van der Waals surface area contributed by atoms with Crippen LogP contribution in [0.25, 0.3) is 11.5 Å². The van der Waals surface area contributed by atoms with Crippen LogP contribution in [-0.4, -0.2) is 25.7 Å². The molecule has 0 saturated heterocycles. The molecule has 1 amide bonds. The number of fused-ring (bicyclic) bond motifs is 1. The molecule has 2 aliphatic carbocycles. The highest BCUT2D eigenvalue weighted by Gasteiger charge is 2.36. The third-order valence-corrected chi connectivity index (χ3v) is 5.76. The van der Waals surface area contributed by atoms with E-state index in [0.717, 1.165) is 29.4 Å². The normalized spacial score (nSPS) is 18.5. The minimum atomic E-state index is -4.65. The van der Waals surface area contributed by atoms with Crippen LogP contribution in [0.4, 0.5) is 17.6 Å². The molecule has 0 aliphatic heterocycles. The van der Waals surface area contributed by atoms with Gasteiger partial charge >= 0.3 is 6.18 Å². The highest BCUT2D eigenvalue weighted by atomic mass is 19.4. The lowest BCUT2D eigenvalue weighted by Crippen LogP contribution is -2.32. The summed E-state index contributed by atoms with van der Waals surface area (Å²) in [5, 5.41) is 6.09. The number of nitrogens with zero attached hydrogens (tertiary/aromatic N) is 4. The molecule has 3 aromatic rings. The van der Waals surface area contributed by atoms with E-state index < -0.39 is 29.6 Å².